The number of amides is 1. The molecular formula is C25H41NO4. The minimum absolute atomic E-state index is 0.0756. The zero-order valence-corrected chi connectivity index (χ0v) is 19.0. The molecule has 0 spiro atoms. The lowest BCUT2D eigenvalue weighted by Gasteiger charge is -2.14. The van der Waals surface area contributed by atoms with Crippen LogP contribution >= 0.6 is 0 Å². The van der Waals surface area contributed by atoms with E-state index in [1.54, 1.807) is 12.1 Å². The number of ether oxygens (including phenoxy) is 1. The number of anilines is 1. The molecule has 1 aromatic rings. The first kappa shape index (κ1) is 26.0. The molecule has 0 fully saturated rings. The minimum atomic E-state index is -1.06. The van der Waals surface area contributed by atoms with Gasteiger partial charge in [0.25, 0.3) is 0 Å². The van der Waals surface area contributed by atoms with Gasteiger partial charge in [0.2, 0.25) is 5.91 Å². The first-order valence-electron chi connectivity index (χ1n) is 11.8. The fraction of sp³-hybridized carbons (Fsp3) is 0.680. The van der Waals surface area contributed by atoms with E-state index < -0.39 is 5.97 Å². The monoisotopic (exact) mass is 419 g/mol. The number of benzene rings is 1. The third kappa shape index (κ3) is 11.8. The van der Waals surface area contributed by atoms with Crippen molar-refractivity contribution in [3.63, 3.8) is 0 Å². The molecule has 0 aliphatic carbocycles. The van der Waals surface area contributed by atoms with Gasteiger partial charge in [-0.1, -0.05) is 96.5 Å². The first-order chi connectivity index (χ1) is 14.6. The maximum Gasteiger partial charge on any atom is 0.339 e. The summed E-state index contributed by atoms with van der Waals surface area (Å²) in [4.78, 5) is 22.8. The number of nitrogens with one attached hydrogen (secondary N) is 1. The maximum atomic E-state index is 11.4. The molecule has 1 aromatic carbocycles. The van der Waals surface area contributed by atoms with E-state index in [2.05, 4.69) is 12.2 Å². The number of carbonyl (C=O) groups excluding carboxylic acids is 1. The fourth-order valence-electron chi connectivity index (χ4n) is 3.62. The summed E-state index contributed by atoms with van der Waals surface area (Å²) in [5, 5.41) is 12.0. The van der Waals surface area contributed by atoms with Crippen molar-refractivity contribution in [3.8, 4) is 5.75 Å². The average Bonchev–Trinajstić information content (AvgIpc) is 2.71. The minimum Gasteiger partial charge on any atom is -0.490 e. The molecule has 1 rings (SSSR count). The number of carbonyl (C=O) groups is 2. The van der Waals surface area contributed by atoms with E-state index in [-0.39, 0.29) is 17.2 Å². The summed E-state index contributed by atoms with van der Waals surface area (Å²) in [5.41, 5.74) is 0.486. The molecule has 0 aliphatic heterocycles. The zero-order valence-electron chi connectivity index (χ0n) is 19.0. The summed E-state index contributed by atoms with van der Waals surface area (Å²) in [6.45, 7) is 4.11. The Morgan fingerprint density at radius 2 is 1.33 bits per heavy atom. The third-order valence-electron chi connectivity index (χ3n) is 5.30. The molecule has 2 N–H and O–H groups in total. The number of aromatic carboxylic acids is 1. The molecule has 0 radical (unpaired) electrons. The van der Waals surface area contributed by atoms with E-state index in [0.717, 1.165) is 12.8 Å². The van der Waals surface area contributed by atoms with Gasteiger partial charge in [-0.25, -0.2) is 4.79 Å². The lowest BCUT2D eigenvalue weighted by atomic mass is 10.0. The molecule has 0 aliphatic rings. The van der Waals surface area contributed by atoms with Gasteiger partial charge in [-0.05, 0) is 18.6 Å². The second-order valence-corrected chi connectivity index (χ2v) is 8.11. The first-order valence-corrected chi connectivity index (χ1v) is 11.8. The number of para-hydroxylation sites is 1. The van der Waals surface area contributed by atoms with E-state index in [9.17, 15) is 14.7 Å². The van der Waals surface area contributed by atoms with Crippen LogP contribution in [0.25, 0.3) is 0 Å². The summed E-state index contributed by atoms with van der Waals surface area (Å²) < 4.78 is 5.74. The molecule has 5 heteroatoms. The molecular weight excluding hydrogens is 378 g/mol. The molecule has 30 heavy (non-hydrogen) atoms. The van der Waals surface area contributed by atoms with Crippen LogP contribution in [0.2, 0.25) is 0 Å². The van der Waals surface area contributed by atoms with Crippen molar-refractivity contribution in [3.05, 3.63) is 23.8 Å². The summed E-state index contributed by atoms with van der Waals surface area (Å²) in [6.07, 6.45) is 18.0. The molecule has 0 atom stereocenters. The van der Waals surface area contributed by atoms with Crippen molar-refractivity contribution in [2.75, 3.05) is 11.9 Å². The summed E-state index contributed by atoms with van der Waals surface area (Å²) in [5.74, 6) is -1.06. The Labute approximate surface area is 182 Å². The Kier molecular flexibility index (Phi) is 14.5. The second kappa shape index (κ2) is 16.7. The summed E-state index contributed by atoms with van der Waals surface area (Å²) in [7, 11) is 0. The number of unbranched alkanes of at least 4 members (excludes halogenated alkanes) is 13. The van der Waals surface area contributed by atoms with Gasteiger partial charge in [-0.2, -0.15) is 0 Å². The predicted molar refractivity (Wildman–Crippen MR) is 124 cm³/mol. The van der Waals surface area contributed by atoms with Crippen molar-refractivity contribution in [1.29, 1.82) is 0 Å². The van der Waals surface area contributed by atoms with Gasteiger partial charge in [-0.3, -0.25) is 4.79 Å². The molecule has 0 heterocycles. The summed E-state index contributed by atoms with van der Waals surface area (Å²) in [6, 6.07) is 4.76. The number of carboxylic acid groups (broad SMARTS) is 1. The van der Waals surface area contributed by atoms with Crippen LogP contribution in [0.5, 0.6) is 5.75 Å². The van der Waals surface area contributed by atoms with Crippen LogP contribution in [-0.2, 0) is 4.79 Å². The smallest absolute Gasteiger partial charge is 0.339 e. The van der Waals surface area contributed by atoms with Gasteiger partial charge >= 0.3 is 5.97 Å². The highest BCUT2D eigenvalue weighted by molar-refractivity contribution is 5.97. The van der Waals surface area contributed by atoms with Crippen LogP contribution in [0, 0.1) is 0 Å². The molecule has 0 aromatic heterocycles. The van der Waals surface area contributed by atoms with Crippen molar-refractivity contribution < 1.29 is 19.4 Å². The Balaban J connectivity index is 2.12. The van der Waals surface area contributed by atoms with E-state index in [4.69, 9.17) is 4.74 Å². The Morgan fingerprint density at radius 3 is 1.80 bits per heavy atom. The quantitative estimate of drug-likeness (QED) is 0.247. The number of rotatable bonds is 18. The maximum absolute atomic E-state index is 11.4. The predicted octanol–water partition coefficient (Wildman–Crippen LogP) is 7.20. The van der Waals surface area contributed by atoms with Gasteiger partial charge in [0.05, 0.1) is 12.3 Å². The standard InChI is InChI=1S/C25H41NO4/c1-3-4-5-6-7-8-9-10-11-12-13-14-15-16-20-30-24-22(25(28)29)18-17-19-23(24)26-21(2)27/h17-19H,3-16,20H2,1-2H3,(H,26,27)(H,28,29). The molecule has 5 nitrogen and oxygen atoms in total. The van der Waals surface area contributed by atoms with Crippen molar-refractivity contribution in [2.45, 2.75) is 104 Å². The zero-order chi connectivity index (χ0) is 22.0. The van der Waals surface area contributed by atoms with E-state index in [0.29, 0.717) is 12.3 Å². The van der Waals surface area contributed by atoms with Gasteiger partial charge < -0.3 is 15.2 Å². The van der Waals surface area contributed by atoms with Crippen LogP contribution in [0.1, 0.15) is 114 Å². The fourth-order valence-corrected chi connectivity index (χ4v) is 3.62. The highest BCUT2D eigenvalue weighted by Gasteiger charge is 2.16. The molecule has 0 saturated carbocycles. The molecule has 0 bridgehead atoms. The summed E-state index contributed by atoms with van der Waals surface area (Å²) >= 11 is 0. The third-order valence-corrected chi connectivity index (χ3v) is 5.30. The average molecular weight is 420 g/mol. The van der Waals surface area contributed by atoms with Crippen LogP contribution < -0.4 is 10.1 Å². The van der Waals surface area contributed by atoms with Crippen LogP contribution in [0.3, 0.4) is 0 Å². The number of hydrogen-bond donors (Lipinski definition) is 2. The topological polar surface area (TPSA) is 75.6 Å². The lowest BCUT2D eigenvalue weighted by Crippen LogP contribution is -2.11. The second-order valence-electron chi connectivity index (χ2n) is 8.11. The SMILES string of the molecule is CCCCCCCCCCCCCCCCOc1c(NC(C)=O)cccc1C(=O)O. The van der Waals surface area contributed by atoms with E-state index >= 15 is 0 Å². The Morgan fingerprint density at radius 1 is 0.833 bits per heavy atom. The van der Waals surface area contributed by atoms with Gasteiger partial charge in [-0.15, -0.1) is 0 Å². The molecule has 170 valence electrons. The van der Waals surface area contributed by atoms with Crippen molar-refractivity contribution in [1.82, 2.24) is 0 Å². The van der Waals surface area contributed by atoms with Gasteiger partial charge in [0.1, 0.15) is 5.56 Å². The van der Waals surface area contributed by atoms with E-state index in [1.165, 1.54) is 90.0 Å². The Bertz CT molecular complexity index is 615. The highest BCUT2D eigenvalue weighted by atomic mass is 16.5. The van der Waals surface area contributed by atoms with Crippen LogP contribution in [-0.4, -0.2) is 23.6 Å². The van der Waals surface area contributed by atoms with Crippen LogP contribution in [0.15, 0.2) is 18.2 Å². The van der Waals surface area contributed by atoms with Gasteiger partial charge in [0.15, 0.2) is 5.75 Å². The largest absolute Gasteiger partial charge is 0.490 e. The molecule has 1 amide bonds. The van der Waals surface area contributed by atoms with Gasteiger partial charge in [0, 0.05) is 6.92 Å². The molecule has 0 unspecified atom stereocenters. The Hall–Kier alpha value is -2.04. The molecule has 0 saturated heterocycles. The van der Waals surface area contributed by atoms with Crippen LogP contribution in [0.4, 0.5) is 5.69 Å². The van der Waals surface area contributed by atoms with Crippen molar-refractivity contribution >= 4 is 17.6 Å². The van der Waals surface area contributed by atoms with Crippen molar-refractivity contribution in [2.24, 2.45) is 0 Å². The number of carboxylic acids is 1. The van der Waals surface area contributed by atoms with E-state index in [1.807, 2.05) is 0 Å². The highest BCUT2D eigenvalue weighted by Crippen LogP contribution is 2.29. The number of hydrogen-bond acceptors (Lipinski definition) is 3. The normalized spacial score (nSPS) is 10.7. The lowest BCUT2D eigenvalue weighted by molar-refractivity contribution is -0.114.